The number of hydrogen-bond donors (Lipinski definition) is 0. The third kappa shape index (κ3) is 2.37. The first-order chi connectivity index (χ1) is 7.06. The molecule has 78 valence electrons. The average Bonchev–Trinajstić information content (AvgIpc) is 2.27. The summed E-state index contributed by atoms with van der Waals surface area (Å²) in [5.74, 6) is -1.82. The van der Waals surface area contributed by atoms with Crippen molar-refractivity contribution in [3.8, 4) is 0 Å². The summed E-state index contributed by atoms with van der Waals surface area (Å²) in [6.07, 6.45) is 0. The maximum atomic E-state index is 11.2. The van der Waals surface area contributed by atoms with Gasteiger partial charge in [-0.25, -0.2) is 4.79 Å². The minimum Gasteiger partial charge on any atom is -0.463 e. The zero-order valence-electron chi connectivity index (χ0n) is 7.80. The molecule has 0 saturated carbocycles. The standard InChI is InChI=1S/C9H7NO5/c1-15-9(12)8(11)6-2-4-7(5-3-6)10(13)14/h2-5H,1H3. The van der Waals surface area contributed by atoms with Crippen molar-refractivity contribution in [2.45, 2.75) is 0 Å². The van der Waals surface area contributed by atoms with Crippen LogP contribution in [0.25, 0.3) is 0 Å². The Balaban J connectivity index is 2.94. The Kier molecular flexibility index (Phi) is 3.12. The van der Waals surface area contributed by atoms with E-state index in [1.807, 2.05) is 0 Å². The molecular formula is C9H7NO5. The third-order valence-corrected chi connectivity index (χ3v) is 1.71. The highest BCUT2D eigenvalue weighted by Crippen LogP contribution is 2.12. The summed E-state index contributed by atoms with van der Waals surface area (Å²) in [6, 6.07) is 4.71. The molecule has 0 aliphatic carbocycles. The Morgan fingerprint density at radius 2 is 1.80 bits per heavy atom. The first-order valence-corrected chi connectivity index (χ1v) is 3.93. The highest BCUT2D eigenvalue weighted by atomic mass is 16.6. The Bertz CT molecular complexity index is 409. The van der Waals surface area contributed by atoms with Gasteiger partial charge in [0.05, 0.1) is 12.0 Å². The number of carbonyl (C=O) groups is 2. The molecule has 1 aromatic carbocycles. The number of non-ortho nitro benzene ring substituents is 1. The van der Waals surface area contributed by atoms with Gasteiger partial charge in [-0.15, -0.1) is 0 Å². The largest absolute Gasteiger partial charge is 0.463 e. The number of Topliss-reactive ketones (excluding diaryl/α,β-unsaturated/α-hetero) is 1. The fraction of sp³-hybridized carbons (Fsp3) is 0.111. The van der Waals surface area contributed by atoms with E-state index in [0.717, 1.165) is 19.2 Å². The first-order valence-electron chi connectivity index (χ1n) is 3.93. The fourth-order valence-corrected chi connectivity index (χ4v) is 0.945. The maximum Gasteiger partial charge on any atom is 0.379 e. The van der Waals surface area contributed by atoms with Crippen LogP contribution in [0.1, 0.15) is 10.4 Å². The summed E-state index contributed by atoms with van der Waals surface area (Å²) < 4.78 is 4.22. The number of methoxy groups -OCH3 is 1. The lowest BCUT2D eigenvalue weighted by molar-refractivity contribution is -0.384. The Morgan fingerprint density at radius 1 is 1.27 bits per heavy atom. The van der Waals surface area contributed by atoms with Gasteiger partial charge in [-0.2, -0.15) is 0 Å². The van der Waals surface area contributed by atoms with E-state index in [2.05, 4.69) is 4.74 Å². The van der Waals surface area contributed by atoms with Crippen molar-refractivity contribution in [1.82, 2.24) is 0 Å². The van der Waals surface area contributed by atoms with Crippen molar-refractivity contribution >= 4 is 17.4 Å². The molecule has 15 heavy (non-hydrogen) atoms. The van der Waals surface area contributed by atoms with Crippen LogP contribution in [0.5, 0.6) is 0 Å². The summed E-state index contributed by atoms with van der Waals surface area (Å²) in [7, 11) is 1.09. The van der Waals surface area contributed by atoms with E-state index in [1.165, 1.54) is 12.1 Å². The molecule has 0 fully saturated rings. The van der Waals surface area contributed by atoms with Crippen molar-refractivity contribution in [3.05, 3.63) is 39.9 Å². The second-order valence-electron chi connectivity index (χ2n) is 2.62. The lowest BCUT2D eigenvalue weighted by Gasteiger charge is -1.97. The zero-order chi connectivity index (χ0) is 11.4. The molecule has 1 rings (SSSR count). The first kappa shape index (κ1) is 10.8. The summed E-state index contributed by atoms with van der Waals surface area (Å²) in [5.41, 5.74) is -0.0798. The van der Waals surface area contributed by atoms with Gasteiger partial charge < -0.3 is 4.74 Å². The SMILES string of the molecule is COC(=O)C(=O)c1ccc([N+](=O)[O-])cc1. The van der Waals surface area contributed by atoms with Crippen molar-refractivity contribution in [2.24, 2.45) is 0 Å². The van der Waals surface area contributed by atoms with E-state index in [0.29, 0.717) is 0 Å². The molecule has 0 aromatic heterocycles. The van der Waals surface area contributed by atoms with Gasteiger partial charge in [0, 0.05) is 17.7 Å². The summed E-state index contributed by atoms with van der Waals surface area (Å²) in [4.78, 5) is 31.7. The van der Waals surface area contributed by atoms with E-state index in [-0.39, 0.29) is 11.3 Å². The molecule has 6 heteroatoms. The van der Waals surface area contributed by atoms with E-state index < -0.39 is 16.7 Å². The number of nitro groups is 1. The number of nitrogens with zero attached hydrogens (tertiary/aromatic N) is 1. The Morgan fingerprint density at radius 3 is 2.20 bits per heavy atom. The van der Waals surface area contributed by atoms with Gasteiger partial charge >= 0.3 is 5.97 Å². The van der Waals surface area contributed by atoms with Crippen LogP contribution in [0.15, 0.2) is 24.3 Å². The molecule has 0 heterocycles. The number of esters is 1. The molecule has 0 spiro atoms. The minimum absolute atomic E-state index is 0.0625. The van der Waals surface area contributed by atoms with Crippen molar-refractivity contribution in [3.63, 3.8) is 0 Å². The van der Waals surface area contributed by atoms with Crippen molar-refractivity contribution in [1.29, 1.82) is 0 Å². The molecule has 0 saturated heterocycles. The number of nitro benzene ring substituents is 1. The predicted molar refractivity (Wildman–Crippen MR) is 49.4 cm³/mol. The molecule has 0 atom stereocenters. The van der Waals surface area contributed by atoms with E-state index in [1.54, 1.807) is 0 Å². The van der Waals surface area contributed by atoms with Crippen LogP contribution in [0.3, 0.4) is 0 Å². The van der Waals surface area contributed by atoms with Gasteiger partial charge in [-0.3, -0.25) is 14.9 Å². The normalized spacial score (nSPS) is 9.40. The van der Waals surface area contributed by atoms with Crippen LogP contribution >= 0.6 is 0 Å². The number of ether oxygens (including phenoxy) is 1. The fourth-order valence-electron chi connectivity index (χ4n) is 0.945. The molecule has 0 radical (unpaired) electrons. The van der Waals surface area contributed by atoms with Gasteiger partial charge in [0.15, 0.2) is 0 Å². The lowest BCUT2D eigenvalue weighted by Crippen LogP contribution is -2.15. The summed E-state index contributed by atoms with van der Waals surface area (Å²) in [5, 5.41) is 10.3. The molecule has 0 aliphatic heterocycles. The molecule has 6 nitrogen and oxygen atoms in total. The van der Waals surface area contributed by atoms with Crippen molar-refractivity contribution < 1.29 is 19.2 Å². The Hall–Kier alpha value is -2.24. The van der Waals surface area contributed by atoms with Gasteiger partial charge in [0.1, 0.15) is 0 Å². The van der Waals surface area contributed by atoms with Crippen molar-refractivity contribution in [2.75, 3.05) is 7.11 Å². The number of ketones is 1. The quantitative estimate of drug-likeness (QED) is 0.243. The average molecular weight is 209 g/mol. The zero-order valence-corrected chi connectivity index (χ0v) is 7.80. The highest BCUT2D eigenvalue weighted by Gasteiger charge is 2.17. The second kappa shape index (κ2) is 4.32. The van der Waals surface area contributed by atoms with Gasteiger partial charge in [0.25, 0.3) is 11.5 Å². The molecule has 1 aromatic rings. The van der Waals surface area contributed by atoms with Gasteiger partial charge in [-0.1, -0.05) is 0 Å². The van der Waals surface area contributed by atoms with E-state index in [4.69, 9.17) is 0 Å². The van der Waals surface area contributed by atoms with Crippen LogP contribution in [0.4, 0.5) is 5.69 Å². The monoisotopic (exact) mass is 209 g/mol. The number of carbonyl (C=O) groups excluding carboxylic acids is 2. The third-order valence-electron chi connectivity index (χ3n) is 1.71. The summed E-state index contributed by atoms with van der Waals surface area (Å²) in [6.45, 7) is 0. The van der Waals surface area contributed by atoms with Crippen LogP contribution in [0, 0.1) is 10.1 Å². The van der Waals surface area contributed by atoms with E-state index >= 15 is 0 Å². The second-order valence-corrected chi connectivity index (χ2v) is 2.62. The molecule has 0 amide bonds. The summed E-state index contributed by atoms with van der Waals surface area (Å²) >= 11 is 0. The van der Waals surface area contributed by atoms with Crippen LogP contribution in [-0.2, 0) is 9.53 Å². The topological polar surface area (TPSA) is 86.5 Å². The number of benzene rings is 1. The van der Waals surface area contributed by atoms with Crippen LogP contribution in [-0.4, -0.2) is 23.8 Å². The number of rotatable bonds is 3. The maximum absolute atomic E-state index is 11.2. The van der Waals surface area contributed by atoms with Crippen LogP contribution < -0.4 is 0 Å². The van der Waals surface area contributed by atoms with Crippen LogP contribution in [0.2, 0.25) is 0 Å². The minimum atomic E-state index is -0.996. The smallest absolute Gasteiger partial charge is 0.379 e. The molecule has 0 aliphatic rings. The molecular weight excluding hydrogens is 202 g/mol. The molecule has 0 bridgehead atoms. The lowest BCUT2D eigenvalue weighted by atomic mass is 10.1. The van der Waals surface area contributed by atoms with Gasteiger partial charge in [-0.05, 0) is 12.1 Å². The molecule has 0 N–H and O–H groups in total. The van der Waals surface area contributed by atoms with E-state index in [9.17, 15) is 19.7 Å². The highest BCUT2D eigenvalue weighted by molar-refractivity contribution is 6.40. The Labute approximate surface area is 84.6 Å². The molecule has 0 unspecified atom stereocenters. The van der Waals surface area contributed by atoms with Gasteiger partial charge in [0.2, 0.25) is 0 Å². The predicted octanol–water partition coefficient (Wildman–Crippen LogP) is 0.950. The number of hydrogen-bond acceptors (Lipinski definition) is 5.